The number of benzene rings is 2. The molecule has 24 heavy (non-hydrogen) atoms. The van der Waals surface area contributed by atoms with Crippen LogP contribution in [0.4, 0.5) is 0 Å². The molecule has 2 aromatic carbocycles. The number of carbonyl (C=O) groups excluding carboxylic acids is 1. The molecular weight excluding hydrogens is 300 g/mol. The molecule has 0 amide bonds. The van der Waals surface area contributed by atoms with E-state index in [0.29, 0.717) is 6.42 Å². The molecule has 0 radical (unpaired) electrons. The largest absolute Gasteiger partial charge is 0.468 e. The van der Waals surface area contributed by atoms with Gasteiger partial charge in [0.2, 0.25) is 0 Å². The number of ether oxygens (including phenoxy) is 1. The average molecular weight is 320 g/mol. The highest BCUT2D eigenvalue weighted by atomic mass is 16.5. The third kappa shape index (κ3) is 2.59. The van der Waals surface area contributed by atoms with E-state index in [-0.39, 0.29) is 12.0 Å². The van der Waals surface area contributed by atoms with E-state index in [1.807, 2.05) is 18.3 Å². The lowest BCUT2D eigenvalue weighted by molar-refractivity contribution is -0.147. The summed E-state index contributed by atoms with van der Waals surface area (Å²) in [6.07, 6.45) is 2.65. The molecule has 1 aliphatic heterocycles. The molecule has 0 bridgehead atoms. The van der Waals surface area contributed by atoms with Crippen molar-refractivity contribution in [2.75, 3.05) is 7.11 Å². The van der Waals surface area contributed by atoms with E-state index >= 15 is 0 Å². The van der Waals surface area contributed by atoms with Crippen molar-refractivity contribution in [3.8, 4) is 0 Å². The van der Waals surface area contributed by atoms with Crippen LogP contribution in [0.2, 0.25) is 0 Å². The number of H-pyrrole nitrogens is 1. The first-order valence-corrected chi connectivity index (χ1v) is 8.20. The molecule has 1 N–H and O–H groups in total. The lowest BCUT2D eigenvalue weighted by atomic mass is 10.0. The zero-order valence-corrected chi connectivity index (χ0v) is 13.7. The van der Waals surface area contributed by atoms with Crippen LogP contribution in [0.15, 0.2) is 54.7 Å². The average Bonchev–Trinajstić information content (AvgIpc) is 3.23. The molecule has 4 nitrogen and oxygen atoms in total. The molecular formula is C20H20N2O2. The summed E-state index contributed by atoms with van der Waals surface area (Å²) < 4.78 is 5.09. The Hall–Kier alpha value is -2.59. The number of para-hydroxylation sites is 1. The lowest BCUT2D eigenvalue weighted by Gasteiger charge is -2.25. The fourth-order valence-electron chi connectivity index (χ4n) is 3.59. The number of fused-ring (bicyclic) bond motifs is 2. The highest BCUT2D eigenvalue weighted by molar-refractivity contribution is 5.84. The van der Waals surface area contributed by atoms with Gasteiger partial charge < -0.3 is 9.72 Å². The summed E-state index contributed by atoms with van der Waals surface area (Å²) >= 11 is 0. The number of rotatable bonds is 4. The van der Waals surface area contributed by atoms with Crippen LogP contribution in [-0.2, 0) is 29.0 Å². The second kappa shape index (κ2) is 6.13. The normalized spacial score (nSPS) is 15.4. The maximum Gasteiger partial charge on any atom is 0.323 e. The predicted octanol–water partition coefficient (Wildman–Crippen LogP) is 3.27. The van der Waals surface area contributed by atoms with Gasteiger partial charge >= 0.3 is 5.97 Å². The van der Waals surface area contributed by atoms with Gasteiger partial charge in [0.15, 0.2) is 0 Å². The van der Waals surface area contributed by atoms with Gasteiger partial charge in [-0.25, -0.2) is 0 Å². The van der Waals surface area contributed by atoms with Gasteiger partial charge in [-0.2, -0.15) is 0 Å². The number of hydrogen-bond acceptors (Lipinski definition) is 3. The second-order valence-electron chi connectivity index (χ2n) is 6.28. The fourth-order valence-corrected chi connectivity index (χ4v) is 3.59. The van der Waals surface area contributed by atoms with Crippen LogP contribution in [0.3, 0.4) is 0 Å². The van der Waals surface area contributed by atoms with Crippen LogP contribution >= 0.6 is 0 Å². The molecule has 0 saturated heterocycles. The van der Waals surface area contributed by atoms with Gasteiger partial charge in [-0.1, -0.05) is 42.5 Å². The Kier molecular flexibility index (Phi) is 3.82. The minimum Gasteiger partial charge on any atom is -0.468 e. The summed E-state index contributed by atoms with van der Waals surface area (Å²) in [5, 5.41) is 1.17. The summed E-state index contributed by atoms with van der Waals surface area (Å²) in [6.45, 7) is 1.58. The smallest absolute Gasteiger partial charge is 0.323 e. The highest BCUT2D eigenvalue weighted by Crippen LogP contribution is 2.27. The van der Waals surface area contributed by atoms with Crippen molar-refractivity contribution >= 4 is 16.9 Å². The minimum atomic E-state index is -0.276. The number of methoxy groups -OCH3 is 1. The molecule has 2 heterocycles. The van der Waals surface area contributed by atoms with Gasteiger partial charge in [0.1, 0.15) is 6.04 Å². The zero-order valence-electron chi connectivity index (χ0n) is 13.7. The summed E-state index contributed by atoms with van der Waals surface area (Å²) in [5.41, 5.74) is 4.84. The first kappa shape index (κ1) is 15.0. The topological polar surface area (TPSA) is 45.3 Å². The van der Waals surface area contributed by atoms with Crippen LogP contribution in [-0.4, -0.2) is 29.0 Å². The third-order valence-electron chi connectivity index (χ3n) is 4.87. The molecule has 0 spiro atoms. The molecule has 1 aliphatic rings. The van der Waals surface area contributed by atoms with Crippen molar-refractivity contribution in [3.63, 3.8) is 0 Å². The van der Waals surface area contributed by atoms with Crippen molar-refractivity contribution in [3.05, 3.63) is 71.4 Å². The van der Waals surface area contributed by atoms with Crippen molar-refractivity contribution in [2.24, 2.45) is 0 Å². The summed E-state index contributed by atoms with van der Waals surface area (Å²) in [4.78, 5) is 17.9. The number of nitrogens with one attached hydrogen (secondary N) is 1. The maximum atomic E-state index is 12.4. The van der Waals surface area contributed by atoms with Crippen molar-refractivity contribution in [1.29, 1.82) is 0 Å². The van der Waals surface area contributed by atoms with Gasteiger partial charge in [-0.3, -0.25) is 9.69 Å². The van der Waals surface area contributed by atoms with E-state index in [0.717, 1.165) is 24.2 Å². The third-order valence-corrected chi connectivity index (χ3v) is 4.87. The van der Waals surface area contributed by atoms with E-state index in [1.54, 1.807) is 0 Å². The van der Waals surface area contributed by atoms with E-state index in [4.69, 9.17) is 4.74 Å². The molecule has 1 atom stereocenters. The first-order chi connectivity index (χ1) is 11.8. The number of carbonyl (C=O) groups is 1. The first-order valence-electron chi connectivity index (χ1n) is 8.20. The van der Waals surface area contributed by atoms with Crippen LogP contribution in [0.1, 0.15) is 16.7 Å². The maximum absolute atomic E-state index is 12.4. The molecule has 122 valence electrons. The van der Waals surface area contributed by atoms with E-state index < -0.39 is 0 Å². The SMILES string of the molecule is COC(=O)[C@H](Cc1c[nH]c2ccccc12)N1Cc2ccccc2C1. The number of esters is 1. The van der Waals surface area contributed by atoms with E-state index in [2.05, 4.69) is 46.3 Å². The lowest BCUT2D eigenvalue weighted by Crippen LogP contribution is -2.40. The quantitative estimate of drug-likeness (QED) is 0.751. The van der Waals surface area contributed by atoms with Gasteiger partial charge in [-0.05, 0) is 22.8 Å². The molecule has 4 heteroatoms. The Morgan fingerprint density at radius 1 is 1.12 bits per heavy atom. The molecule has 4 rings (SSSR count). The Balaban J connectivity index is 1.63. The Morgan fingerprint density at radius 2 is 1.79 bits per heavy atom. The van der Waals surface area contributed by atoms with Crippen LogP contribution < -0.4 is 0 Å². The van der Waals surface area contributed by atoms with Crippen LogP contribution in [0, 0.1) is 0 Å². The van der Waals surface area contributed by atoms with Gasteiger partial charge in [0, 0.05) is 36.6 Å². The monoisotopic (exact) mass is 320 g/mol. The molecule has 0 aliphatic carbocycles. The van der Waals surface area contributed by atoms with Crippen molar-refractivity contribution in [2.45, 2.75) is 25.6 Å². The van der Waals surface area contributed by atoms with Crippen molar-refractivity contribution < 1.29 is 9.53 Å². The Bertz CT molecular complexity index is 859. The number of aromatic nitrogens is 1. The Labute approximate surface area is 141 Å². The number of hydrogen-bond donors (Lipinski definition) is 1. The summed E-state index contributed by atoms with van der Waals surface area (Å²) in [5.74, 6) is -0.173. The van der Waals surface area contributed by atoms with Crippen LogP contribution in [0.5, 0.6) is 0 Å². The van der Waals surface area contributed by atoms with E-state index in [1.165, 1.54) is 23.6 Å². The molecule has 0 fully saturated rings. The van der Waals surface area contributed by atoms with Gasteiger partial charge in [0.05, 0.1) is 7.11 Å². The number of aromatic amines is 1. The van der Waals surface area contributed by atoms with E-state index in [9.17, 15) is 4.79 Å². The fraction of sp³-hybridized carbons (Fsp3) is 0.250. The molecule has 3 aromatic rings. The van der Waals surface area contributed by atoms with Crippen LogP contribution in [0.25, 0.3) is 10.9 Å². The minimum absolute atomic E-state index is 0.173. The highest BCUT2D eigenvalue weighted by Gasteiger charge is 2.32. The zero-order chi connectivity index (χ0) is 16.5. The summed E-state index contributed by atoms with van der Waals surface area (Å²) in [7, 11) is 1.47. The van der Waals surface area contributed by atoms with Crippen molar-refractivity contribution in [1.82, 2.24) is 9.88 Å². The molecule has 0 unspecified atom stereocenters. The molecule has 1 aromatic heterocycles. The molecule has 0 saturated carbocycles. The summed E-state index contributed by atoms with van der Waals surface area (Å²) in [6, 6.07) is 16.3. The number of nitrogens with zero attached hydrogens (tertiary/aromatic N) is 1. The van der Waals surface area contributed by atoms with Gasteiger partial charge in [-0.15, -0.1) is 0 Å². The predicted molar refractivity (Wildman–Crippen MR) is 93.5 cm³/mol. The second-order valence-corrected chi connectivity index (χ2v) is 6.28. The standard InChI is InChI=1S/C20H20N2O2/c1-24-20(23)19(22-12-14-6-2-3-7-15(14)13-22)10-16-11-21-18-9-5-4-8-17(16)18/h2-9,11,19,21H,10,12-13H2,1H3/t19-/m0/s1. The Morgan fingerprint density at radius 3 is 2.50 bits per heavy atom. The van der Waals surface area contributed by atoms with Gasteiger partial charge in [0.25, 0.3) is 0 Å².